The van der Waals surface area contributed by atoms with Crippen LogP contribution in [0.1, 0.15) is 19.8 Å². The average Bonchev–Trinajstić information content (AvgIpc) is 2.89. The SMILES string of the molecule is COC(C)CNc1nc(Cl)nc(N2CCCC2)n1. The molecule has 1 saturated heterocycles. The van der Waals surface area contributed by atoms with E-state index in [4.69, 9.17) is 16.3 Å². The molecule has 1 fully saturated rings. The summed E-state index contributed by atoms with van der Waals surface area (Å²) >= 11 is 5.92. The molecule has 1 aliphatic rings. The molecular formula is C11H18ClN5O. The third kappa shape index (κ3) is 3.43. The van der Waals surface area contributed by atoms with E-state index in [9.17, 15) is 0 Å². The maximum absolute atomic E-state index is 5.92. The van der Waals surface area contributed by atoms with Gasteiger partial charge in [-0.05, 0) is 31.4 Å². The van der Waals surface area contributed by atoms with Gasteiger partial charge >= 0.3 is 0 Å². The third-order valence-corrected chi connectivity index (χ3v) is 3.10. The van der Waals surface area contributed by atoms with Crippen LogP contribution in [-0.2, 0) is 4.74 Å². The number of halogens is 1. The van der Waals surface area contributed by atoms with Gasteiger partial charge in [-0.1, -0.05) is 0 Å². The number of nitrogens with zero attached hydrogens (tertiary/aromatic N) is 4. The summed E-state index contributed by atoms with van der Waals surface area (Å²) in [6.45, 7) is 4.57. The van der Waals surface area contributed by atoms with Gasteiger partial charge in [0, 0.05) is 26.7 Å². The smallest absolute Gasteiger partial charge is 0.231 e. The van der Waals surface area contributed by atoms with Gasteiger partial charge in [-0.25, -0.2) is 0 Å². The van der Waals surface area contributed by atoms with Crippen molar-refractivity contribution in [3.63, 3.8) is 0 Å². The van der Waals surface area contributed by atoms with Crippen molar-refractivity contribution in [1.29, 1.82) is 0 Å². The van der Waals surface area contributed by atoms with Gasteiger partial charge in [-0.2, -0.15) is 15.0 Å². The number of hydrogen-bond donors (Lipinski definition) is 1. The molecule has 7 heteroatoms. The Hall–Kier alpha value is -1.14. The van der Waals surface area contributed by atoms with Crippen molar-refractivity contribution in [2.45, 2.75) is 25.9 Å². The predicted octanol–water partition coefficient (Wildman–Crippen LogP) is 1.57. The lowest BCUT2D eigenvalue weighted by molar-refractivity contribution is 0.128. The monoisotopic (exact) mass is 271 g/mol. The molecule has 1 unspecified atom stereocenters. The van der Waals surface area contributed by atoms with Gasteiger partial charge < -0.3 is 15.0 Å². The van der Waals surface area contributed by atoms with Gasteiger partial charge in [0.25, 0.3) is 0 Å². The molecule has 0 aromatic carbocycles. The minimum absolute atomic E-state index is 0.0933. The van der Waals surface area contributed by atoms with Gasteiger partial charge in [0.1, 0.15) is 0 Å². The van der Waals surface area contributed by atoms with Gasteiger partial charge in [-0.15, -0.1) is 0 Å². The summed E-state index contributed by atoms with van der Waals surface area (Å²) in [5.41, 5.74) is 0. The van der Waals surface area contributed by atoms with E-state index in [0.29, 0.717) is 18.4 Å². The van der Waals surface area contributed by atoms with Gasteiger partial charge in [-0.3, -0.25) is 0 Å². The van der Waals surface area contributed by atoms with Crippen molar-refractivity contribution in [3.05, 3.63) is 5.28 Å². The molecule has 2 rings (SSSR count). The molecular weight excluding hydrogens is 254 g/mol. The molecule has 0 amide bonds. The molecule has 1 aromatic heterocycles. The molecule has 0 bridgehead atoms. The lowest BCUT2D eigenvalue weighted by Crippen LogP contribution is -2.23. The van der Waals surface area contributed by atoms with E-state index in [-0.39, 0.29) is 11.4 Å². The highest BCUT2D eigenvalue weighted by Crippen LogP contribution is 2.18. The van der Waals surface area contributed by atoms with Crippen LogP contribution in [0.2, 0.25) is 5.28 Å². The van der Waals surface area contributed by atoms with E-state index >= 15 is 0 Å². The summed E-state index contributed by atoms with van der Waals surface area (Å²) in [6, 6.07) is 0. The second-order valence-corrected chi connectivity index (χ2v) is 4.69. The Morgan fingerprint density at radius 1 is 1.33 bits per heavy atom. The first-order valence-corrected chi connectivity index (χ1v) is 6.50. The van der Waals surface area contributed by atoms with E-state index in [1.807, 2.05) is 6.92 Å². The van der Waals surface area contributed by atoms with Crippen molar-refractivity contribution >= 4 is 23.5 Å². The molecule has 0 spiro atoms. The zero-order valence-electron chi connectivity index (χ0n) is 10.7. The van der Waals surface area contributed by atoms with Gasteiger partial charge in [0.2, 0.25) is 17.2 Å². The molecule has 0 radical (unpaired) electrons. The summed E-state index contributed by atoms with van der Waals surface area (Å²) in [5.74, 6) is 1.15. The van der Waals surface area contributed by atoms with Crippen LogP contribution >= 0.6 is 11.6 Å². The molecule has 6 nitrogen and oxygen atoms in total. The van der Waals surface area contributed by atoms with Crippen LogP contribution in [0.25, 0.3) is 0 Å². The number of methoxy groups -OCH3 is 1. The van der Waals surface area contributed by atoms with E-state index in [2.05, 4.69) is 25.2 Å². The largest absolute Gasteiger partial charge is 0.380 e. The number of nitrogens with one attached hydrogen (secondary N) is 1. The second-order valence-electron chi connectivity index (χ2n) is 4.35. The highest BCUT2D eigenvalue weighted by Gasteiger charge is 2.17. The number of anilines is 2. The Kier molecular flexibility index (Phi) is 4.54. The quantitative estimate of drug-likeness (QED) is 0.877. The van der Waals surface area contributed by atoms with Crippen molar-refractivity contribution in [2.75, 3.05) is 37.0 Å². The molecule has 0 saturated carbocycles. The zero-order chi connectivity index (χ0) is 13.0. The average molecular weight is 272 g/mol. The first kappa shape index (κ1) is 13.3. The molecule has 1 N–H and O–H groups in total. The molecule has 2 heterocycles. The number of hydrogen-bond acceptors (Lipinski definition) is 6. The summed E-state index contributed by atoms with van der Waals surface area (Å²) < 4.78 is 5.16. The second kappa shape index (κ2) is 6.15. The molecule has 1 atom stereocenters. The Morgan fingerprint density at radius 2 is 2.06 bits per heavy atom. The topological polar surface area (TPSA) is 63.2 Å². The molecule has 18 heavy (non-hydrogen) atoms. The molecule has 1 aromatic rings. The van der Waals surface area contributed by atoms with Gasteiger partial charge in [0.15, 0.2) is 0 Å². The van der Waals surface area contributed by atoms with Crippen molar-refractivity contribution in [3.8, 4) is 0 Å². The Labute approximate surface area is 112 Å². The molecule has 100 valence electrons. The summed E-state index contributed by atoms with van der Waals surface area (Å²) in [6.07, 6.45) is 2.44. The molecule has 0 aliphatic carbocycles. The van der Waals surface area contributed by atoms with Crippen LogP contribution < -0.4 is 10.2 Å². The van der Waals surface area contributed by atoms with Crippen LogP contribution in [0.3, 0.4) is 0 Å². The molecule has 1 aliphatic heterocycles. The van der Waals surface area contributed by atoms with Crippen LogP contribution in [0.15, 0.2) is 0 Å². The lowest BCUT2D eigenvalue weighted by atomic mass is 10.4. The Morgan fingerprint density at radius 3 is 2.72 bits per heavy atom. The maximum Gasteiger partial charge on any atom is 0.231 e. The fourth-order valence-electron chi connectivity index (χ4n) is 1.80. The highest BCUT2D eigenvalue weighted by molar-refractivity contribution is 6.28. The van der Waals surface area contributed by atoms with Crippen LogP contribution in [0.5, 0.6) is 0 Å². The summed E-state index contributed by atoms with van der Waals surface area (Å²) in [7, 11) is 1.67. The normalized spacial score (nSPS) is 16.9. The zero-order valence-corrected chi connectivity index (χ0v) is 11.4. The fourth-order valence-corrected chi connectivity index (χ4v) is 1.95. The first-order valence-electron chi connectivity index (χ1n) is 6.12. The number of ether oxygens (including phenoxy) is 1. The minimum Gasteiger partial charge on any atom is -0.380 e. The Bertz CT molecular complexity index is 397. The van der Waals surface area contributed by atoms with Crippen LogP contribution in [0.4, 0.5) is 11.9 Å². The highest BCUT2D eigenvalue weighted by atomic mass is 35.5. The van der Waals surface area contributed by atoms with Gasteiger partial charge in [0.05, 0.1) is 6.10 Å². The van der Waals surface area contributed by atoms with Crippen molar-refractivity contribution in [2.24, 2.45) is 0 Å². The van der Waals surface area contributed by atoms with Crippen molar-refractivity contribution < 1.29 is 4.74 Å². The number of rotatable bonds is 5. The minimum atomic E-state index is 0.0933. The van der Waals surface area contributed by atoms with Crippen molar-refractivity contribution in [1.82, 2.24) is 15.0 Å². The van der Waals surface area contributed by atoms with E-state index in [1.165, 1.54) is 12.8 Å². The van der Waals surface area contributed by atoms with Crippen LogP contribution in [-0.4, -0.2) is 47.8 Å². The van der Waals surface area contributed by atoms with Crippen LogP contribution in [0, 0.1) is 0 Å². The first-order chi connectivity index (χ1) is 8.69. The standard InChI is InChI=1S/C11H18ClN5O/c1-8(18-2)7-13-10-14-9(12)15-11(16-10)17-5-3-4-6-17/h8H,3-7H2,1-2H3,(H,13,14,15,16). The number of aromatic nitrogens is 3. The third-order valence-electron chi connectivity index (χ3n) is 2.94. The van der Waals surface area contributed by atoms with E-state index < -0.39 is 0 Å². The van der Waals surface area contributed by atoms with E-state index in [1.54, 1.807) is 7.11 Å². The fraction of sp³-hybridized carbons (Fsp3) is 0.727. The lowest BCUT2D eigenvalue weighted by Gasteiger charge is -2.16. The Balaban J connectivity index is 2.06. The predicted molar refractivity (Wildman–Crippen MR) is 71.2 cm³/mol. The summed E-state index contributed by atoms with van der Waals surface area (Å²) in [4.78, 5) is 14.7. The van der Waals surface area contributed by atoms with E-state index in [0.717, 1.165) is 13.1 Å². The maximum atomic E-state index is 5.92. The summed E-state index contributed by atoms with van der Waals surface area (Å²) in [5, 5.41) is 3.32.